The van der Waals surface area contributed by atoms with Gasteiger partial charge in [0.05, 0.1) is 0 Å². The molecule has 2 atom stereocenters. The molecule has 2 fully saturated rings. The van der Waals surface area contributed by atoms with Gasteiger partial charge in [0.1, 0.15) is 0 Å². The van der Waals surface area contributed by atoms with Crippen molar-refractivity contribution in [3.05, 3.63) is 35.4 Å². The summed E-state index contributed by atoms with van der Waals surface area (Å²) >= 11 is 0. The van der Waals surface area contributed by atoms with Crippen LogP contribution in [0.15, 0.2) is 24.3 Å². The topological polar surface area (TPSA) is 15.3 Å². The van der Waals surface area contributed by atoms with Crippen LogP contribution < -0.4 is 5.32 Å². The summed E-state index contributed by atoms with van der Waals surface area (Å²) in [5, 5.41) is 3.96. The molecule has 21 heavy (non-hydrogen) atoms. The van der Waals surface area contributed by atoms with Crippen molar-refractivity contribution in [1.82, 2.24) is 10.2 Å². The van der Waals surface area contributed by atoms with Crippen LogP contribution in [0.1, 0.15) is 36.8 Å². The van der Waals surface area contributed by atoms with E-state index in [4.69, 9.17) is 0 Å². The number of hydrogen-bond acceptors (Lipinski definition) is 2. The lowest BCUT2D eigenvalue weighted by molar-refractivity contribution is 0.231. The van der Waals surface area contributed by atoms with Crippen LogP contribution in [0.2, 0.25) is 0 Å². The summed E-state index contributed by atoms with van der Waals surface area (Å²) in [6.07, 6.45) is 6.68. The zero-order valence-corrected chi connectivity index (χ0v) is 14.3. The first kappa shape index (κ1) is 17.1. The van der Waals surface area contributed by atoms with E-state index < -0.39 is 0 Å². The Morgan fingerprint density at radius 3 is 2.62 bits per heavy atom. The number of benzene rings is 1. The molecule has 1 spiro atoms. The maximum absolute atomic E-state index is 3.96. The van der Waals surface area contributed by atoms with Crippen LogP contribution in [-0.4, -0.2) is 37.1 Å². The van der Waals surface area contributed by atoms with Crippen molar-refractivity contribution in [3.8, 4) is 0 Å². The Balaban J connectivity index is 0.000000807. The van der Waals surface area contributed by atoms with Crippen LogP contribution in [0.5, 0.6) is 0 Å². The highest BCUT2D eigenvalue weighted by Crippen LogP contribution is 2.56. The van der Waals surface area contributed by atoms with Gasteiger partial charge in [0.15, 0.2) is 0 Å². The largest absolute Gasteiger partial charge is 0.310 e. The van der Waals surface area contributed by atoms with Crippen LogP contribution in [-0.2, 0) is 11.8 Å². The molecule has 1 aliphatic heterocycles. The molecule has 3 aliphatic rings. The standard InChI is InChI=1S/C17H24N2.2ClH/c1-19-10-7-14(8-11-19)18-16-12-17(16)9-6-13-4-2-3-5-15(13)17;;/h2-5,14,16,18H,6-12H2,1H3;2*1H. The van der Waals surface area contributed by atoms with Gasteiger partial charge in [0.2, 0.25) is 0 Å². The third kappa shape index (κ3) is 2.96. The van der Waals surface area contributed by atoms with E-state index in [1.165, 1.54) is 45.2 Å². The average molecular weight is 329 g/mol. The Morgan fingerprint density at radius 2 is 1.86 bits per heavy atom. The number of fused-ring (bicyclic) bond motifs is 2. The number of hydrogen-bond donors (Lipinski definition) is 1. The van der Waals surface area contributed by atoms with E-state index in [2.05, 4.69) is 41.5 Å². The SMILES string of the molecule is CN1CCC(NC2CC23CCc2ccccc23)CC1.Cl.Cl. The Morgan fingerprint density at radius 1 is 1.14 bits per heavy atom. The maximum atomic E-state index is 3.96. The summed E-state index contributed by atoms with van der Waals surface area (Å²) in [4.78, 5) is 2.45. The van der Waals surface area contributed by atoms with E-state index in [0.717, 1.165) is 12.1 Å². The first-order valence-electron chi connectivity index (χ1n) is 7.81. The Labute approximate surface area is 140 Å². The van der Waals surface area contributed by atoms with Crippen molar-refractivity contribution >= 4 is 24.8 Å². The zero-order valence-electron chi connectivity index (χ0n) is 12.7. The molecule has 2 unspecified atom stereocenters. The number of likely N-dealkylation sites (tertiary alicyclic amines) is 1. The predicted octanol–water partition coefficient (Wildman–Crippen LogP) is 3.17. The van der Waals surface area contributed by atoms with E-state index in [1.807, 2.05) is 0 Å². The molecule has 0 radical (unpaired) electrons. The smallest absolute Gasteiger partial charge is 0.0176 e. The first-order chi connectivity index (χ1) is 9.28. The van der Waals surface area contributed by atoms with Gasteiger partial charge in [0, 0.05) is 17.5 Å². The van der Waals surface area contributed by atoms with Crippen LogP contribution in [0.3, 0.4) is 0 Å². The Hall–Kier alpha value is -0.280. The highest BCUT2D eigenvalue weighted by atomic mass is 35.5. The second-order valence-electron chi connectivity index (χ2n) is 6.81. The quantitative estimate of drug-likeness (QED) is 0.897. The van der Waals surface area contributed by atoms with Gasteiger partial charge in [-0.25, -0.2) is 0 Å². The summed E-state index contributed by atoms with van der Waals surface area (Å²) in [7, 11) is 2.24. The lowest BCUT2D eigenvalue weighted by atomic mass is 9.97. The molecule has 1 aromatic rings. The minimum absolute atomic E-state index is 0. The van der Waals surface area contributed by atoms with Gasteiger partial charge < -0.3 is 10.2 Å². The molecule has 118 valence electrons. The number of piperidine rings is 1. The predicted molar refractivity (Wildman–Crippen MR) is 93.0 cm³/mol. The molecule has 4 heteroatoms. The fourth-order valence-electron chi connectivity index (χ4n) is 4.27. The number of nitrogens with zero attached hydrogens (tertiary/aromatic N) is 1. The molecule has 1 aromatic carbocycles. The molecule has 0 bridgehead atoms. The van der Waals surface area contributed by atoms with Gasteiger partial charge in [-0.1, -0.05) is 24.3 Å². The van der Waals surface area contributed by atoms with Crippen molar-refractivity contribution in [2.45, 2.75) is 49.6 Å². The summed E-state index contributed by atoms with van der Waals surface area (Å²) < 4.78 is 0. The van der Waals surface area contributed by atoms with E-state index in [0.29, 0.717) is 5.41 Å². The lowest BCUT2D eigenvalue weighted by Gasteiger charge is -2.30. The van der Waals surface area contributed by atoms with Crippen LogP contribution in [0, 0.1) is 0 Å². The fourth-order valence-corrected chi connectivity index (χ4v) is 4.27. The summed E-state index contributed by atoms with van der Waals surface area (Å²) in [6, 6.07) is 10.6. The van der Waals surface area contributed by atoms with Crippen molar-refractivity contribution in [1.29, 1.82) is 0 Å². The van der Waals surface area contributed by atoms with Crippen LogP contribution in [0.4, 0.5) is 0 Å². The summed E-state index contributed by atoms with van der Waals surface area (Å²) in [5.74, 6) is 0. The highest BCUT2D eigenvalue weighted by Gasteiger charge is 2.58. The average Bonchev–Trinajstić information content (AvgIpc) is 3.00. The Bertz CT molecular complexity index is 485. The number of rotatable bonds is 2. The maximum Gasteiger partial charge on any atom is 0.0176 e. The first-order valence-corrected chi connectivity index (χ1v) is 7.81. The lowest BCUT2D eigenvalue weighted by Crippen LogP contribution is -2.43. The van der Waals surface area contributed by atoms with Gasteiger partial charge in [-0.05, 0) is 63.4 Å². The highest BCUT2D eigenvalue weighted by molar-refractivity contribution is 5.85. The molecule has 2 aliphatic carbocycles. The van der Waals surface area contributed by atoms with Gasteiger partial charge in [0.25, 0.3) is 0 Å². The molecule has 1 saturated carbocycles. The summed E-state index contributed by atoms with van der Waals surface area (Å²) in [6.45, 7) is 2.52. The molecule has 2 nitrogen and oxygen atoms in total. The number of halogens is 2. The normalized spacial score (nSPS) is 31.4. The van der Waals surface area contributed by atoms with E-state index >= 15 is 0 Å². The summed E-state index contributed by atoms with van der Waals surface area (Å²) in [5.41, 5.74) is 3.77. The Kier molecular flexibility index (Phi) is 5.25. The van der Waals surface area contributed by atoms with Gasteiger partial charge >= 0.3 is 0 Å². The van der Waals surface area contributed by atoms with Crippen LogP contribution >= 0.6 is 24.8 Å². The molecule has 1 N–H and O–H groups in total. The van der Waals surface area contributed by atoms with Crippen LogP contribution in [0.25, 0.3) is 0 Å². The molecule has 0 aromatic heterocycles. The van der Waals surface area contributed by atoms with Crippen molar-refractivity contribution < 1.29 is 0 Å². The zero-order chi connectivity index (χ0) is 12.9. The monoisotopic (exact) mass is 328 g/mol. The van der Waals surface area contributed by atoms with Crippen molar-refractivity contribution in [2.24, 2.45) is 0 Å². The molecular formula is C17H26Cl2N2. The second-order valence-corrected chi connectivity index (χ2v) is 6.81. The third-order valence-electron chi connectivity index (χ3n) is 5.62. The second kappa shape index (κ2) is 6.45. The van der Waals surface area contributed by atoms with E-state index in [9.17, 15) is 0 Å². The van der Waals surface area contributed by atoms with E-state index in [-0.39, 0.29) is 24.8 Å². The molecule has 1 saturated heterocycles. The van der Waals surface area contributed by atoms with E-state index in [1.54, 1.807) is 11.1 Å². The minimum Gasteiger partial charge on any atom is -0.310 e. The number of nitrogens with one attached hydrogen (secondary N) is 1. The van der Waals surface area contributed by atoms with Crippen molar-refractivity contribution in [3.63, 3.8) is 0 Å². The number of aryl methyl sites for hydroxylation is 1. The molecule has 0 amide bonds. The molecular weight excluding hydrogens is 303 g/mol. The molecule has 4 rings (SSSR count). The molecule has 1 heterocycles. The minimum atomic E-state index is 0. The van der Waals surface area contributed by atoms with Gasteiger partial charge in [-0.3, -0.25) is 0 Å². The van der Waals surface area contributed by atoms with Gasteiger partial charge in [-0.2, -0.15) is 0 Å². The van der Waals surface area contributed by atoms with Crippen molar-refractivity contribution in [2.75, 3.05) is 20.1 Å². The van der Waals surface area contributed by atoms with Gasteiger partial charge in [-0.15, -0.1) is 24.8 Å². The fraction of sp³-hybridized carbons (Fsp3) is 0.647. The third-order valence-corrected chi connectivity index (χ3v) is 5.62.